The maximum atomic E-state index is 13.2. The van der Waals surface area contributed by atoms with Gasteiger partial charge in [0.2, 0.25) is 5.91 Å². The lowest BCUT2D eigenvalue weighted by Crippen LogP contribution is -2.49. The lowest BCUT2D eigenvalue weighted by molar-refractivity contribution is -0.142. The number of benzene rings is 2. The molecule has 0 fully saturated rings. The third kappa shape index (κ3) is 6.87. The first-order valence-corrected chi connectivity index (χ1v) is 11.9. The number of ether oxygens (including phenoxy) is 1. The van der Waals surface area contributed by atoms with Crippen molar-refractivity contribution in [1.82, 2.24) is 10.2 Å². The summed E-state index contributed by atoms with van der Waals surface area (Å²) in [6.45, 7) is 8.18. The summed E-state index contributed by atoms with van der Waals surface area (Å²) in [7, 11) is 1.55. The molecule has 0 bridgehead atoms. The van der Waals surface area contributed by atoms with Gasteiger partial charge in [-0.15, -0.1) is 0 Å². The molecule has 2 aromatic carbocycles. The summed E-state index contributed by atoms with van der Waals surface area (Å²) in [5.74, 6) is -0.0104. The van der Waals surface area contributed by atoms with E-state index < -0.39 is 6.04 Å². The van der Waals surface area contributed by atoms with Crippen molar-refractivity contribution in [3.05, 3.63) is 62.0 Å². The molecule has 32 heavy (non-hydrogen) atoms. The Morgan fingerprint density at radius 3 is 2.38 bits per heavy atom. The van der Waals surface area contributed by atoms with E-state index >= 15 is 0 Å². The second-order valence-electron chi connectivity index (χ2n) is 8.48. The van der Waals surface area contributed by atoms with Gasteiger partial charge in [-0.2, -0.15) is 0 Å². The van der Waals surface area contributed by atoms with Crippen molar-refractivity contribution < 1.29 is 14.3 Å². The van der Waals surface area contributed by atoms with Gasteiger partial charge in [0.15, 0.2) is 6.61 Å². The topological polar surface area (TPSA) is 58.6 Å². The SMILES string of the molecule is CCC(C(=O)NC)N(Cc1ccc(Cl)cc1Cl)C(=O)COc1ccc(C(C)(C)C)cc1Br. The number of rotatable bonds is 8. The van der Waals surface area contributed by atoms with Crippen molar-refractivity contribution in [3.8, 4) is 5.75 Å². The van der Waals surface area contributed by atoms with Crippen molar-refractivity contribution in [2.45, 2.75) is 52.1 Å². The van der Waals surface area contributed by atoms with Gasteiger partial charge >= 0.3 is 0 Å². The van der Waals surface area contributed by atoms with E-state index in [0.717, 1.165) is 10.0 Å². The Morgan fingerprint density at radius 1 is 1.16 bits per heavy atom. The molecule has 1 unspecified atom stereocenters. The fourth-order valence-electron chi connectivity index (χ4n) is 3.23. The van der Waals surface area contributed by atoms with Gasteiger partial charge in [0.05, 0.1) is 4.47 Å². The highest BCUT2D eigenvalue weighted by atomic mass is 79.9. The molecule has 0 saturated carbocycles. The van der Waals surface area contributed by atoms with E-state index in [1.54, 1.807) is 25.2 Å². The minimum atomic E-state index is -0.658. The number of amides is 2. The molecule has 0 aliphatic heterocycles. The largest absolute Gasteiger partial charge is 0.483 e. The lowest BCUT2D eigenvalue weighted by atomic mass is 9.87. The van der Waals surface area contributed by atoms with Crippen molar-refractivity contribution in [2.24, 2.45) is 0 Å². The van der Waals surface area contributed by atoms with Crippen LogP contribution in [0, 0.1) is 0 Å². The molecule has 1 atom stereocenters. The predicted octanol–water partition coefficient (Wildman–Crippen LogP) is 5.99. The number of hydrogen-bond acceptors (Lipinski definition) is 3. The highest BCUT2D eigenvalue weighted by Crippen LogP contribution is 2.31. The molecule has 0 aliphatic carbocycles. The van der Waals surface area contributed by atoms with Crippen LogP contribution in [-0.4, -0.2) is 36.4 Å². The minimum Gasteiger partial charge on any atom is -0.483 e. The van der Waals surface area contributed by atoms with Crippen LogP contribution >= 0.6 is 39.1 Å². The Hall–Kier alpha value is -1.76. The first kappa shape index (κ1) is 26.5. The summed E-state index contributed by atoms with van der Waals surface area (Å²) in [5, 5.41) is 3.56. The van der Waals surface area contributed by atoms with Gasteiger partial charge in [0.25, 0.3) is 5.91 Å². The molecule has 2 aromatic rings. The Labute approximate surface area is 208 Å². The molecule has 8 heteroatoms. The van der Waals surface area contributed by atoms with Crippen LogP contribution in [0.3, 0.4) is 0 Å². The highest BCUT2D eigenvalue weighted by Gasteiger charge is 2.29. The quantitative estimate of drug-likeness (QED) is 0.445. The molecule has 0 heterocycles. The van der Waals surface area contributed by atoms with E-state index in [0.29, 0.717) is 27.8 Å². The van der Waals surface area contributed by atoms with E-state index in [1.807, 2.05) is 25.1 Å². The number of nitrogens with zero attached hydrogens (tertiary/aromatic N) is 1. The van der Waals surface area contributed by atoms with Crippen LogP contribution in [0.1, 0.15) is 45.2 Å². The number of hydrogen-bond donors (Lipinski definition) is 1. The zero-order valence-electron chi connectivity index (χ0n) is 19.0. The molecule has 0 aromatic heterocycles. The van der Waals surface area contributed by atoms with Crippen molar-refractivity contribution in [2.75, 3.05) is 13.7 Å². The third-order valence-electron chi connectivity index (χ3n) is 5.14. The molecule has 0 spiro atoms. The van der Waals surface area contributed by atoms with Crippen molar-refractivity contribution >= 4 is 50.9 Å². The summed E-state index contributed by atoms with van der Waals surface area (Å²) < 4.78 is 6.59. The molecule has 174 valence electrons. The van der Waals surface area contributed by atoms with Gasteiger partial charge in [-0.05, 0) is 63.2 Å². The maximum absolute atomic E-state index is 13.2. The molecule has 0 saturated heterocycles. The summed E-state index contributed by atoms with van der Waals surface area (Å²) in [4.78, 5) is 27.2. The number of carbonyl (C=O) groups excluding carboxylic acids is 2. The normalized spacial score (nSPS) is 12.2. The van der Waals surface area contributed by atoms with E-state index in [4.69, 9.17) is 27.9 Å². The van der Waals surface area contributed by atoms with Crippen LogP contribution in [-0.2, 0) is 21.5 Å². The van der Waals surface area contributed by atoms with Gasteiger partial charge < -0.3 is 15.0 Å². The lowest BCUT2D eigenvalue weighted by Gasteiger charge is -2.30. The first-order valence-electron chi connectivity index (χ1n) is 10.4. The van der Waals surface area contributed by atoms with Crippen LogP contribution in [0.15, 0.2) is 40.9 Å². The maximum Gasteiger partial charge on any atom is 0.261 e. The van der Waals surface area contributed by atoms with Gasteiger partial charge in [0, 0.05) is 23.6 Å². The van der Waals surface area contributed by atoms with Crippen molar-refractivity contribution in [3.63, 3.8) is 0 Å². The monoisotopic (exact) mass is 542 g/mol. The fraction of sp³-hybridized carbons (Fsp3) is 0.417. The van der Waals surface area contributed by atoms with Gasteiger partial charge in [-0.3, -0.25) is 9.59 Å². The smallest absolute Gasteiger partial charge is 0.261 e. The van der Waals surface area contributed by atoms with Crippen LogP contribution in [0.4, 0.5) is 0 Å². The summed E-state index contributed by atoms with van der Waals surface area (Å²) in [6, 6.07) is 10.2. The first-order chi connectivity index (χ1) is 15.0. The number of halogens is 3. The Bertz CT molecular complexity index is 976. The van der Waals surface area contributed by atoms with E-state index in [-0.39, 0.29) is 30.4 Å². The average Bonchev–Trinajstić information content (AvgIpc) is 2.72. The molecule has 1 N–H and O–H groups in total. The Balaban J connectivity index is 2.25. The second kappa shape index (κ2) is 11.4. The molecule has 2 rings (SSSR count). The van der Waals surface area contributed by atoms with Gasteiger partial charge in [0.1, 0.15) is 11.8 Å². The number of carbonyl (C=O) groups is 2. The second-order valence-corrected chi connectivity index (χ2v) is 10.2. The third-order valence-corrected chi connectivity index (χ3v) is 6.34. The van der Waals surface area contributed by atoms with Crippen LogP contribution in [0.2, 0.25) is 10.0 Å². The minimum absolute atomic E-state index is 0.00657. The van der Waals surface area contributed by atoms with Crippen LogP contribution < -0.4 is 10.1 Å². The zero-order valence-corrected chi connectivity index (χ0v) is 22.1. The summed E-state index contributed by atoms with van der Waals surface area (Å²) in [5.41, 5.74) is 1.84. The zero-order chi connectivity index (χ0) is 24.1. The number of likely N-dealkylation sites (N-methyl/N-ethyl adjacent to an activating group) is 1. The molecular formula is C24H29BrCl2N2O3. The highest BCUT2D eigenvalue weighted by molar-refractivity contribution is 9.10. The van der Waals surface area contributed by atoms with Crippen LogP contribution in [0.25, 0.3) is 0 Å². The van der Waals surface area contributed by atoms with Gasteiger partial charge in [-0.25, -0.2) is 0 Å². The predicted molar refractivity (Wildman–Crippen MR) is 133 cm³/mol. The Morgan fingerprint density at radius 2 is 1.84 bits per heavy atom. The molecule has 2 amide bonds. The van der Waals surface area contributed by atoms with Gasteiger partial charge in [-0.1, -0.05) is 63.0 Å². The molecule has 0 aliphatic rings. The average molecular weight is 544 g/mol. The standard InChI is InChI=1S/C24H29BrCl2N2O3/c1-6-20(23(31)28-5)29(13-15-7-9-17(26)12-19(15)27)22(30)14-32-21-10-8-16(11-18(21)25)24(2,3)4/h7-12,20H,6,13-14H2,1-5H3,(H,28,31). The number of nitrogens with one attached hydrogen (secondary N) is 1. The molecule has 5 nitrogen and oxygen atoms in total. The van der Waals surface area contributed by atoms with Crippen LogP contribution in [0.5, 0.6) is 5.75 Å². The summed E-state index contributed by atoms with van der Waals surface area (Å²) >= 11 is 15.9. The summed E-state index contributed by atoms with van der Waals surface area (Å²) in [6.07, 6.45) is 0.445. The van der Waals surface area contributed by atoms with E-state index in [2.05, 4.69) is 42.0 Å². The van der Waals surface area contributed by atoms with E-state index in [1.165, 1.54) is 4.90 Å². The Kier molecular flexibility index (Phi) is 9.43. The fourth-order valence-corrected chi connectivity index (χ4v) is 4.19. The molecule has 0 radical (unpaired) electrons. The van der Waals surface area contributed by atoms with E-state index in [9.17, 15) is 9.59 Å². The molecular weight excluding hydrogens is 515 g/mol. The van der Waals surface area contributed by atoms with Crippen molar-refractivity contribution in [1.29, 1.82) is 0 Å².